The summed E-state index contributed by atoms with van der Waals surface area (Å²) in [7, 11) is 0. The average Bonchev–Trinajstić information content (AvgIpc) is 2.67. The van der Waals surface area contributed by atoms with Gasteiger partial charge in [0.2, 0.25) is 0 Å². The van der Waals surface area contributed by atoms with Gasteiger partial charge in [0, 0.05) is 27.9 Å². The number of ether oxygens (including phenoxy) is 1. The Morgan fingerprint density at radius 1 is 1.00 bits per heavy atom. The van der Waals surface area contributed by atoms with Gasteiger partial charge in [-0.05, 0) is 65.3 Å². The SMILES string of the molecule is CSc1cc2c(OC(C)=O)cc(C)c(-c3ccc(CS)cc3)c2cc1SC. The highest BCUT2D eigenvalue weighted by molar-refractivity contribution is 8.01. The Morgan fingerprint density at radius 2 is 1.59 bits per heavy atom. The zero-order valence-corrected chi connectivity index (χ0v) is 18.4. The Bertz CT molecular complexity index is 995. The highest BCUT2D eigenvalue weighted by atomic mass is 32.2. The summed E-state index contributed by atoms with van der Waals surface area (Å²) in [5.41, 5.74) is 4.60. The number of thioether (sulfide) groups is 2. The minimum absolute atomic E-state index is 0.304. The van der Waals surface area contributed by atoms with E-state index in [2.05, 4.69) is 68.5 Å². The fraction of sp³-hybridized carbons (Fsp3) is 0.227. The zero-order chi connectivity index (χ0) is 19.6. The Kier molecular flexibility index (Phi) is 6.45. The Morgan fingerprint density at radius 3 is 2.11 bits per heavy atom. The summed E-state index contributed by atoms with van der Waals surface area (Å²) in [6.07, 6.45) is 4.16. The van der Waals surface area contributed by atoms with Crippen molar-refractivity contribution in [3.8, 4) is 16.9 Å². The average molecular weight is 415 g/mol. The molecule has 3 rings (SSSR count). The number of rotatable bonds is 5. The Labute approximate surface area is 174 Å². The van der Waals surface area contributed by atoms with E-state index in [1.165, 1.54) is 27.8 Å². The van der Waals surface area contributed by atoms with Crippen molar-refractivity contribution < 1.29 is 9.53 Å². The molecule has 0 saturated heterocycles. The molecular weight excluding hydrogens is 392 g/mol. The predicted octanol–water partition coefficient (Wildman–Crippen LogP) is 6.61. The van der Waals surface area contributed by atoms with Gasteiger partial charge in [-0.25, -0.2) is 0 Å². The lowest BCUT2D eigenvalue weighted by Crippen LogP contribution is -2.03. The van der Waals surface area contributed by atoms with Crippen LogP contribution < -0.4 is 4.74 Å². The molecule has 0 saturated carbocycles. The molecule has 0 aliphatic heterocycles. The van der Waals surface area contributed by atoms with E-state index in [9.17, 15) is 4.79 Å². The molecule has 0 spiro atoms. The summed E-state index contributed by atoms with van der Waals surface area (Å²) in [6, 6.07) is 14.8. The second-order valence-corrected chi connectivity index (χ2v) is 8.28. The normalized spacial score (nSPS) is 11.0. The molecule has 27 heavy (non-hydrogen) atoms. The number of hydrogen-bond donors (Lipinski definition) is 1. The summed E-state index contributed by atoms with van der Waals surface area (Å²) in [4.78, 5) is 14.0. The summed E-state index contributed by atoms with van der Waals surface area (Å²) >= 11 is 7.79. The third-order valence-corrected chi connectivity index (χ3v) is 6.53. The summed E-state index contributed by atoms with van der Waals surface area (Å²) in [5, 5.41) is 2.07. The van der Waals surface area contributed by atoms with E-state index in [1.807, 2.05) is 6.07 Å². The quantitative estimate of drug-likeness (QED) is 0.220. The number of hydrogen-bond acceptors (Lipinski definition) is 5. The molecule has 2 nitrogen and oxygen atoms in total. The molecule has 0 bridgehead atoms. The summed E-state index contributed by atoms with van der Waals surface area (Å²) < 4.78 is 5.54. The first kappa shape index (κ1) is 20.2. The molecule has 0 heterocycles. The van der Waals surface area contributed by atoms with Crippen LogP contribution in [-0.4, -0.2) is 18.5 Å². The maximum Gasteiger partial charge on any atom is 0.308 e. The summed E-state index contributed by atoms with van der Waals surface area (Å²) in [6.45, 7) is 3.51. The first-order valence-corrected chi connectivity index (χ1v) is 11.6. The summed E-state index contributed by atoms with van der Waals surface area (Å²) in [5.74, 6) is 1.04. The molecule has 0 aliphatic carbocycles. The fourth-order valence-corrected chi connectivity index (χ4v) is 4.95. The molecular formula is C22H22O2S3. The van der Waals surface area contributed by atoms with Crippen LogP contribution in [0.5, 0.6) is 5.75 Å². The van der Waals surface area contributed by atoms with E-state index >= 15 is 0 Å². The maximum absolute atomic E-state index is 11.6. The van der Waals surface area contributed by atoms with E-state index in [4.69, 9.17) is 4.74 Å². The molecule has 0 radical (unpaired) electrons. The maximum atomic E-state index is 11.6. The van der Waals surface area contributed by atoms with Gasteiger partial charge in [0.05, 0.1) is 0 Å². The van der Waals surface area contributed by atoms with Crippen LogP contribution in [-0.2, 0) is 10.5 Å². The second kappa shape index (κ2) is 8.63. The highest BCUT2D eigenvalue weighted by Gasteiger charge is 2.16. The number of fused-ring (bicyclic) bond motifs is 1. The molecule has 0 atom stereocenters. The van der Waals surface area contributed by atoms with Crippen LogP contribution in [0.25, 0.3) is 21.9 Å². The van der Waals surface area contributed by atoms with Crippen molar-refractivity contribution in [1.29, 1.82) is 0 Å². The molecule has 140 valence electrons. The van der Waals surface area contributed by atoms with Crippen LogP contribution >= 0.6 is 36.2 Å². The monoisotopic (exact) mass is 414 g/mol. The third-order valence-electron chi connectivity index (χ3n) is 4.48. The second-order valence-electron chi connectivity index (χ2n) is 6.27. The molecule has 0 amide bonds. The number of thiol groups is 1. The smallest absolute Gasteiger partial charge is 0.308 e. The molecule has 3 aromatic carbocycles. The molecule has 0 aromatic heterocycles. The van der Waals surface area contributed by atoms with Crippen LogP contribution in [0.15, 0.2) is 52.3 Å². The molecule has 5 heteroatoms. The van der Waals surface area contributed by atoms with Crippen LogP contribution in [0.4, 0.5) is 0 Å². The largest absolute Gasteiger partial charge is 0.426 e. The number of carbonyl (C=O) groups is 1. The fourth-order valence-electron chi connectivity index (χ4n) is 3.25. The highest BCUT2D eigenvalue weighted by Crippen LogP contribution is 2.42. The number of carbonyl (C=O) groups excluding carboxylic acids is 1. The van der Waals surface area contributed by atoms with Crippen LogP contribution in [0.1, 0.15) is 18.1 Å². The third kappa shape index (κ3) is 4.15. The lowest BCUT2D eigenvalue weighted by atomic mass is 9.93. The van der Waals surface area contributed by atoms with Crippen LogP contribution in [0, 0.1) is 6.92 Å². The van der Waals surface area contributed by atoms with Crippen molar-refractivity contribution in [3.63, 3.8) is 0 Å². The van der Waals surface area contributed by atoms with Crippen molar-refractivity contribution in [3.05, 3.63) is 53.6 Å². The first-order valence-electron chi connectivity index (χ1n) is 8.56. The van der Waals surface area contributed by atoms with Crippen LogP contribution in [0.2, 0.25) is 0 Å². The minimum Gasteiger partial charge on any atom is -0.426 e. The van der Waals surface area contributed by atoms with Gasteiger partial charge >= 0.3 is 5.97 Å². The van der Waals surface area contributed by atoms with Crippen molar-refractivity contribution in [2.45, 2.75) is 29.4 Å². The minimum atomic E-state index is -0.304. The van der Waals surface area contributed by atoms with Crippen molar-refractivity contribution >= 4 is 52.9 Å². The predicted molar refractivity (Wildman–Crippen MR) is 122 cm³/mol. The van der Waals surface area contributed by atoms with E-state index in [1.54, 1.807) is 23.5 Å². The number of aryl methyl sites for hydroxylation is 1. The van der Waals surface area contributed by atoms with Crippen molar-refractivity contribution in [2.75, 3.05) is 12.5 Å². The lowest BCUT2D eigenvalue weighted by molar-refractivity contribution is -0.131. The van der Waals surface area contributed by atoms with Gasteiger partial charge in [-0.2, -0.15) is 12.6 Å². The topological polar surface area (TPSA) is 26.3 Å². The van der Waals surface area contributed by atoms with Crippen LogP contribution in [0.3, 0.4) is 0 Å². The zero-order valence-electron chi connectivity index (χ0n) is 15.8. The molecule has 0 fully saturated rings. The number of benzene rings is 3. The first-order chi connectivity index (χ1) is 13.0. The van der Waals surface area contributed by atoms with E-state index < -0.39 is 0 Å². The van der Waals surface area contributed by atoms with E-state index in [0.29, 0.717) is 5.75 Å². The van der Waals surface area contributed by atoms with E-state index in [-0.39, 0.29) is 5.97 Å². The standard InChI is InChI=1S/C22H22O2S3/c1-13-9-19(24-14(2)23)17-10-20(26-3)21(27-4)11-18(17)22(13)16-7-5-15(12-25)6-8-16/h5-11,25H,12H2,1-4H3. The van der Waals surface area contributed by atoms with E-state index in [0.717, 1.165) is 27.7 Å². The van der Waals surface area contributed by atoms with Gasteiger partial charge in [0.25, 0.3) is 0 Å². The van der Waals surface area contributed by atoms with Gasteiger partial charge in [0.1, 0.15) is 5.75 Å². The molecule has 3 aromatic rings. The van der Waals surface area contributed by atoms with Gasteiger partial charge in [0.15, 0.2) is 0 Å². The lowest BCUT2D eigenvalue weighted by Gasteiger charge is -2.17. The molecule has 0 aliphatic rings. The van der Waals surface area contributed by atoms with Gasteiger partial charge in [-0.1, -0.05) is 24.3 Å². The molecule has 0 unspecified atom stereocenters. The Hall–Kier alpha value is -1.56. The van der Waals surface area contributed by atoms with Gasteiger partial charge < -0.3 is 4.74 Å². The van der Waals surface area contributed by atoms with Crippen molar-refractivity contribution in [1.82, 2.24) is 0 Å². The number of esters is 1. The Balaban J connectivity index is 2.35. The van der Waals surface area contributed by atoms with Crippen molar-refractivity contribution in [2.24, 2.45) is 0 Å². The van der Waals surface area contributed by atoms with Gasteiger partial charge in [-0.3, -0.25) is 4.79 Å². The molecule has 0 N–H and O–H groups in total. The van der Waals surface area contributed by atoms with Gasteiger partial charge in [-0.15, -0.1) is 23.5 Å².